The zero-order valence-electron chi connectivity index (χ0n) is 17.5. The van der Waals surface area contributed by atoms with Gasteiger partial charge < -0.3 is 19.2 Å². The van der Waals surface area contributed by atoms with Crippen LogP contribution in [0.4, 0.5) is 0 Å². The Hall–Kier alpha value is -1.70. The summed E-state index contributed by atoms with van der Waals surface area (Å²) in [6, 6.07) is 1.88. The molecule has 160 valence electrons. The fourth-order valence-electron chi connectivity index (χ4n) is 5.51. The topological polar surface area (TPSA) is 83.2 Å². The van der Waals surface area contributed by atoms with E-state index < -0.39 is 5.63 Å². The molecule has 1 N–H and O–H groups in total. The number of nitrogens with zero attached hydrogens (tertiary/aromatic N) is 2. The number of aliphatic hydroxyl groups excluding tert-OH is 1. The van der Waals surface area contributed by atoms with Gasteiger partial charge in [-0.05, 0) is 56.9 Å². The normalized spacial score (nSPS) is 26.0. The molecule has 3 fully saturated rings. The van der Waals surface area contributed by atoms with E-state index in [2.05, 4.69) is 4.90 Å². The summed E-state index contributed by atoms with van der Waals surface area (Å²) in [4.78, 5) is 29.0. The van der Waals surface area contributed by atoms with Crippen molar-refractivity contribution in [1.82, 2.24) is 9.80 Å². The van der Waals surface area contributed by atoms with Crippen molar-refractivity contribution in [2.24, 2.45) is 5.41 Å². The number of ether oxygens (including phenoxy) is 1. The molecule has 1 unspecified atom stereocenters. The van der Waals surface area contributed by atoms with Gasteiger partial charge in [0.05, 0.1) is 11.7 Å². The Bertz CT molecular complexity index is 780. The van der Waals surface area contributed by atoms with Crippen LogP contribution in [0.15, 0.2) is 15.3 Å². The average molecular weight is 405 g/mol. The Labute approximate surface area is 171 Å². The zero-order valence-corrected chi connectivity index (χ0v) is 17.5. The molecule has 1 aromatic heterocycles. The summed E-state index contributed by atoms with van der Waals surface area (Å²) in [5.41, 5.74) is 0.828. The first-order valence-corrected chi connectivity index (χ1v) is 10.8. The lowest BCUT2D eigenvalue weighted by Gasteiger charge is -2.51. The number of piperidine rings is 2. The van der Waals surface area contributed by atoms with E-state index in [9.17, 15) is 14.7 Å². The molecule has 1 atom stereocenters. The molecule has 3 aliphatic rings. The molecule has 0 radical (unpaired) electrons. The van der Waals surface area contributed by atoms with Crippen molar-refractivity contribution in [2.45, 2.75) is 58.1 Å². The molecule has 3 aliphatic heterocycles. The van der Waals surface area contributed by atoms with Crippen LogP contribution in [0.25, 0.3) is 0 Å². The van der Waals surface area contributed by atoms with Gasteiger partial charge in [0.2, 0.25) is 0 Å². The standard InChI is InChI=1S/C22H32N2O5/c1-15-11-19(26)29-16(2)20(15)21(27)23-7-5-22(6-8-23)12-18(25)13-24(14-22)17-3-9-28-10-4-17/h11,17-18,25H,3-10,12-14H2,1-2H3. The number of aliphatic hydroxyl groups is 1. The minimum Gasteiger partial charge on any atom is -0.427 e. The molecule has 0 saturated carbocycles. The maximum atomic E-state index is 13.1. The maximum Gasteiger partial charge on any atom is 0.336 e. The number of β-amino-alcohol motifs (C(OH)–C–C–N with tert-alkyl or cyclic N) is 1. The summed E-state index contributed by atoms with van der Waals surface area (Å²) in [7, 11) is 0. The van der Waals surface area contributed by atoms with E-state index in [1.54, 1.807) is 13.8 Å². The highest BCUT2D eigenvalue weighted by Gasteiger charge is 2.44. The third-order valence-corrected chi connectivity index (χ3v) is 7.02. The maximum absolute atomic E-state index is 13.1. The lowest BCUT2D eigenvalue weighted by molar-refractivity contribution is -0.0695. The van der Waals surface area contributed by atoms with Crippen molar-refractivity contribution < 1.29 is 19.1 Å². The van der Waals surface area contributed by atoms with Crippen molar-refractivity contribution in [1.29, 1.82) is 0 Å². The van der Waals surface area contributed by atoms with Gasteiger partial charge in [-0.2, -0.15) is 0 Å². The number of hydrogen-bond donors (Lipinski definition) is 1. The Morgan fingerprint density at radius 2 is 1.90 bits per heavy atom. The van der Waals surface area contributed by atoms with Crippen LogP contribution in [0.5, 0.6) is 0 Å². The number of amides is 1. The van der Waals surface area contributed by atoms with Crippen LogP contribution < -0.4 is 5.63 Å². The van der Waals surface area contributed by atoms with Crippen LogP contribution >= 0.6 is 0 Å². The van der Waals surface area contributed by atoms with Crippen molar-refractivity contribution in [2.75, 3.05) is 39.4 Å². The summed E-state index contributed by atoms with van der Waals surface area (Å²) < 4.78 is 10.7. The van der Waals surface area contributed by atoms with Crippen LogP contribution in [-0.4, -0.2) is 72.4 Å². The molecule has 4 rings (SSSR count). The average Bonchev–Trinajstić information content (AvgIpc) is 2.68. The van der Waals surface area contributed by atoms with Gasteiger partial charge in [0.1, 0.15) is 5.76 Å². The van der Waals surface area contributed by atoms with Crippen LogP contribution in [0.3, 0.4) is 0 Å². The molecule has 1 aromatic rings. The molecule has 4 heterocycles. The van der Waals surface area contributed by atoms with E-state index in [-0.39, 0.29) is 17.4 Å². The second kappa shape index (κ2) is 8.20. The fourth-order valence-corrected chi connectivity index (χ4v) is 5.51. The van der Waals surface area contributed by atoms with Crippen molar-refractivity contribution in [3.05, 3.63) is 33.4 Å². The third-order valence-electron chi connectivity index (χ3n) is 7.02. The summed E-state index contributed by atoms with van der Waals surface area (Å²) in [5, 5.41) is 10.6. The van der Waals surface area contributed by atoms with Gasteiger partial charge >= 0.3 is 5.63 Å². The largest absolute Gasteiger partial charge is 0.427 e. The van der Waals surface area contributed by atoms with E-state index in [0.717, 1.165) is 58.4 Å². The van der Waals surface area contributed by atoms with Gasteiger partial charge in [-0.15, -0.1) is 0 Å². The second-order valence-electron chi connectivity index (χ2n) is 9.10. The predicted molar refractivity (Wildman–Crippen MR) is 108 cm³/mol. The number of rotatable bonds is 2. The number of carbonyl (C=O) groups excluding carboxylic acids is 1. The molecule has 29 heavy (non-hydrogen) atoms. The van der Waals surface area contributed by atoms with Gasteiger partial charge in [0.15, 0.2) is 0 Å². The summed E-state index contributed by atoms with van der Waals surface area (Å²) in [5.74, 6) is 0.329. The first-order chi connectivity index (χ1) is 13.9. The lowest BCUT2D eigenvalue weighted by atomic mass is 9.71. The van der Waals surface area contributed by atoms with Gasteiger partial charge in [0.25, 0.3) is 5.91 Å². The highest BCUT2D eigenvalue weighted by Crippen LogP contribution is 2.41. The molecular formula is C22H32N2O5. The smallest absolute Gasteiger partial charge is 0.336 e. The van der Waals surface area contributed by atoms with E-state index in [0.29, 0.717) is 36.0 Å². The Balaban J connectivity index is 1.44. The van der Waals surface area contributed by atoms with Gasteiger partial charge in [-0.1, -0.05) is 0 Å². The van der Waals surface area contributed by atoms with E-state index in [4.69, 9.17) is 9.15 Å². The third kappa shape index (κ3) is 4.27. The van der Waals surface area contributed by atoms with Crippen molar-refractivity contribution in [3.8, 4) is 0 Å². The minimum atomic E-state index is -0.418. The zero-order chi connectivity index (χ0) is 20.6. The summed E-state index contributed by atoms with van der Waals surface area (Å²) in [6.45, 7) is 8.15. The number of likely N-dealkylation sites (tertiary alicyclic amines) is 2. The fraction of sp³-hybridized carbons (Fsp3) is 0.727. The Morgan fingerprint density at radius 1 is 1.21 bits per heavy atom. The molecule has 0 bridgehead atoms. The molecule has 7 heteroatoms. The molecule has 1 amide bonds. The first-order valence-electron chi connectivity index (χ1n) is 10.8. The number of aryl methyl sites for hydroxylation is 2. The van der Waals surface area contributed by atoms with E-state index in [1.807, 2.05) is 4.90 Å². The van der Waals surface area contributed by atoms with Crippen molar-refractivity contribution >= 4 is 5.91 Å². The highest BCUT2D eigenvalue weighted by molar-refractivity contribution is 5.96. The quantitative estimate of drug-likeness (QED) is 0.808. The highest BCUT2D eigenvalue weighted by atomic mass is 16.5. The molecule has 0 aliphatic carbocycles. The minimum absolute atomic E-state index is 0.0590. The van der Waals surface area contributed by atoms with E-state index >= 15 is 0 Å². The van der Waals surface area contributed by atoms with Crippen LogP contribution in [0.1, 0.15) is 53.8 Å². The summed E-state index contributed by atoms with van der Waals surface area (Å²) in [6.07, 6.45) is 4.36. The monoisotopic (exact) mass is 404 g/mol. The molecule has 3 saturated heterocycles. The lowest BCUT2D eigenvalue weighted by Crippen LogP contribution is -2.57. The van der Waals surface area contributed by atoms with Gasteiger partial charge in [-0.25, -0.2) is 4.79 Å². The molecule has 0 aromatic carbocycles. The van der Waals surface area contributed by atoms with Crippen molar-refractivity contribution in [3.63, 3.8) is 0 Å². The Kier molecular flexibility index (Phi) is 5.82. The molecular weight excluding hydrogens is 372 g/mol. The van der Waals surface area contributed by atoms with Gasteiger partial charge in [0, 0.05) is 51.5 Å². The Morgan fingerprint density at radius 3 is 2.55 bits per heavy atom. The van der Waals surface area contributed by atoms with E-state index in [1.165, 1.54) is 6.07 Å². The van der Waals surface area contributed by atoms with Crippen LogP contribution in [0, 0.1) is 19.3 Å². The molecule has 7 nitrogen and oxygen atoms in total. The first kappa shape index (κ1) is 20.6. The number of carbonyl (C=O) groups is 1. The number of hydrogen-bond acceptors (Lipinski definition) is 6. The van der Waals surface area contributed by atoms with Gasteiger partial charge in [-0.3, -0.25) is 9.69 Å². The molecule has 1 spiro atoms. The van der Waals surface area contributed by atoms with Crippen LogP contribution in [0.2, 0.25) is 0 Å². The SMILES string of the molecule is Cc1cc(=O)oc(C)c1C(=O)N1CCC2(CC1)CC(O)CN(C1CCOCC1)C2. The predicted octanol–water partition coefficient (Wildman–Crippen LogP) is 1.72. The second-order valence-corrected chi connectivity index (χ2v) is 9.10. The summed E-state index contributed by atoms with van der Waals surface area (Å²) >= 11 is 0. The van der Waals surface area contributed by atoms with Crippen LogP contribution in [-0.2, 0) is 4.74 Å².